The maximum atomic E-state index is 12.6. The van der Waals surface area contributed by atoms with Crippen LogP contribution in [-0.2, 0) is 12.7 Å². The van der Waals surface area contributed by atoms with E-state index in [0.717, 1.165) is 22.8 Å². The summed E-state index contributed by atoms with van der Waals surface area (Å²) in [4.78, 5) is 4.22. The smallest absolute Gasteiger partial charge is 0.378 e. The Bertz CT molecular complexity index is 581. The predicted octanol–water partition coefficient (Wildman–Crippen LogP) is 4.74. The van der Waals surface area contributed by atoms with Gasteiger partial charge in [-0.25, -0.2) is 4.98 Å². The monoisotopic (exact) mass is 306 g/mol. The van der Waals surface area contributed by atoms with Crippen LogP contribution < -0.4 is 5.32 Å². The number of aryl methyl sites for hydroxylation is 1. The Labute approximate surface area is 117 Å². The van der Waals surface area contributed by atoms with Crippen LogP contribution in [-0.4, -0.2) is 4.98 Å². The van der Waals surface area contributed by atoms with E-state index in [1.807, 2.05) is 12.3 Å². The molecule has 7 heteroatoms. The summed E-state index contributed by atoms with van der Waals surface area (Å²) in [6.07, 6.45) is -4.38. The molecule has 0 aliphatic rings. The van der Waals surface area contributed by atoms with Crippen LogP contribution in [0.2, 0.25) is 5.02 Å². The first kappa shape index (κ1) is 14.1. The van der Waals surface area contributed by atoms with E-state index < -0.39 is 11.7 Å². The standard InChI is InChI=1S/C12H10ClF3N2S/c1-7-18-9(6-19-7)5-17-11-4-8(12(14,15)16)2-3-10(11)13/h2-4,6,17H,5H2,1H3. The molecular formula is C12H10ClF3N2S. The summed E-state index contributed by atoms with van der Waals surface area (Å²) < 4.78 is 37.8. The average molecular weight is 307 g/mol. The minimum absolute atomic E-state index is 0.250. The first-order valence-electron chi connectivity index (χ1n) is 5.38. The molecule has 0 aliphatic heterocycles. The van der Waals surface area contributed by atoms with Gasteiger partial charge >= 0.3 is 6.18 Å². The Morgan fingerprint density at radius 3 is 2.68 bits per heavy atom. The summed E-state index contributed by atoms with van der Waals surface area (Å²) in [5, 5.41) is 5.88. The van der Waals surface area contributed by atoms with E-state index in [4.69, 9.17) is 11.6 Å². The number of nitrogens with one attached hydrogen (secondary N) is 1. The van der Waals surface area contributed by atoms with E-state index in [1.54, 1.807) is 0 Å². The van der Waals surface area contributed by atoms with Gasteiger partial charge in [0, 0.05) is 5.38 Å². The number of hydrogen-bond donors (Lipinski definition) is 1. The summed E-state index contributed by atoms with van der Waals surface area (Å²) in [5.41, 5.74) is 0.298. The Morgan fingerprint density at radius 1 is 1.37 bits per heavy atom. The van der Waals surface area contributed by atoms with Crippen molar-refractivity contribution in [2.45, 2.75) is 19.6 Å². The van der Waals surface area contributed by atoms with Crippen LogP contribution in [0.5, 0.6) is 0 Å². The average Bonchev–Trinajstić information content (AvgIpc) is 2.72. The molecule has 102 valence electrons. The van der Waals surface area contributed by atoms with Crippen LogP contribution in [0.3, 0.4) is 0 Å². The van der Waals surface area contributed by atoms with Crippen LogP contribution in [0.15, 0.2) is 23.6 Å². The van der Waals surface area contributed by atoms with Gasteiger partial charge in [-0.15, -0.1) is 11.3 Å². The number of thiazole rings is 1. The maximum absolute atomic E-state index is 12.6. The van der Waals surface area contributed by atoms with Gasteiger partial charge < -0.3 is 5.32 Å². The van der Waals surface area contributed by atoms with Gasteiger partial charge in [-0.05, 0) is 25.1 Å². The van der Waals surface area contributed by atoms with Crippen molar-refractivity contribution in [3.63, 3.8) is 0 Å². The van der Waals surface area contributed by atoms with Crippen molar-refractivity contribution in [1.29, 1.82) is 0 Å². The molecule has 1 aromatic heterocycles. The van der Waals surface area contributed by atoms with E-state index in [9.17, 15) is 13.2 Å². The van der Waals surface area contributed by atoms with E-state index in [1.165, 1.54) is 17.4 Å². The molecule has 0 spiro atoms. The van der Waals surface area contributed by atoms with Crippen molar-refractivity contribution >= 4 is 28.6 Å². The molecule has 0 amide bonds. The molecule has 0 radical (unpaired) electrons. The number of hydrogen-bond acceptors (Lipinski definition) is 3. The third-order valence-electron chi connectivity index (χ3n) is 2.42. The number of aromatic nitrogens is 1. The highest BCUT2D eigenvalue weighted by atomic mass is 35.5. The lowest BCUT2D eigenvalue weighted by molar-refractivity contribution is -0.137. The van der Waals surface area contributed by atoms with Crippen LogP contribution in [0.1, 0.15) is 16.3 Å². The SMILES string of the molecule is Cc1nc(CNc2cc(C(F)(F)F)ccc2Cl)cs1. The van der Waals surface area contributed by atoms with Crippen molar-refractivity contribution in [2.24, 2.45) is 0 Å². The summed E-state index contributed by atoms with van der Waals surface area (Å²) in [5.74, 6) is 0. The molecule has 0 bridgehead atoms. The highest BCUT2D eigenvalue weighted by molar-refractivity contribution is 7.09. The lowest BCUT2D eigenvalue weighted by atomic mass is 10.2. The fraction of sp³-hybridized carbons (Fsp3) is 0.250. The number of benzene rings is 1. The van der Waals surface area contributed by atoms with Gasteiger partial charge in [0.2, 0.25) is 0 Å². The summed E-state index contributed by atoms with van der Waals surface area (Å²) in [6, 6.07) is 3.20. The molecule has 19 heavy (non-hydrogen) atoms. The van der Waals surface area contributed by atoms with Gasteiger partial charge in [0.25, 0.3) is 0 Å². The van der Waals surface area contributed by atoms with E-state index >= 15 is 0 Å². The quantitative estimate of drug-likeness (QED) is 0.886. The zero-order chi connectivity index (χ0) is 14.0. The van der Waals surface area contributed by atoms with Crippen LogP contribution in [0.25, 0.3) is 0 Å². The Balaban J connectivity index is 2.15. The Hall–Kier alpha value is -1.27. The van der Waals surface area contributed by atoms with Gasteiger partial charge in [0.1, 0.15) is 0 Å². The predicted molar refractivity (Wildman–Crippen MR) is 70.6 cm³/mol. The van der Waals surface area contributed by atoms with Crippen molar-refractivity contribution in [2.75, 3.05) is 5.32 Å². The third kappa shape index (κ3) is 3.61. The molecule has 0 saturated carbocycles. The topological polar surface area (TPSA) is 24.9 Å². The number of rotatable bonds is 3. The molecule has 1 aromatic carbocycles. The second-order valence-corrected chi connectivity index (χ2v) is 5.37. The van der Waals surface area contributed by atoms with Gasteiger partial charge in [-0.1, -0.05) is 11.6 Å². The summed E-state index contributed by atoms with van der Waals surface area (Å²) in [6.45, 7) is 2.21. The van der Waals surface area contributed by atoms with Gasteiger partial charge in [0.15, 0.2) is 0 Å². The lowest BCUT2D eigenvalue weighted by Gasteiger charge is -2.11. The first-order chi connectivity index (χ1) is 8.86. The summed E-state index contributed by atoms with van der Waals surface area (Å²) in [7, 11) is 0. The van der Waals surface area contributed by atoms with E-state index in [2.05, 4.69) is 10.3 Å². The zero-order valence-electron chi connectivity index (χ0n) is 9.88. The highest BCUT2D eigenvalue weighted by Gasteiger charge is 2.30. The van der Waals surface area contributed by atoms with Gasteiger partial charge in [0.05, 0.1) is 33.5 Å². The molecule has 1 heterocycles. The molecular weight excluding hydrogens is 297 g/mol. The number of anilines is 1. The van der Waals surface area contributed by atoms with Crippen LogP contribution >= 0.6 is 22.9 Å². The minimum Gasteiger partial charge on any atom is -0.378 e. The minimum atomic E-state index is -4.38. The number of nitrogens with zero attached hydrogens (tertiary/aromatic N) is 1. The fourth-order valence-corrected chi connectivity index (χ4v) is 2.31. The van der Waals surface area contributed by atoms with Crippen molar-refractivity contribution < 1.29 is 13.2 Å². The molecule has 1 N–H and O–H groups in total. The largest absolute Gasteiger partial charge is 0.416 e. The molecule has 2 rings (SSSR count). The molecule has 2 aromatic rings. The fourth-order valence-electron chi connectivity index (χ4n) is 1.51. The Kier molecular flexibility index (Phi) is 4.01. The number of halogens is 4. The third-order valence-corrected chi connectivity index (χ3v) is 3.57. The molecule has 0 unspecified atom stereocenters. The zero-order valence-corrected chi connectivity index (χ0v) is 11.5. The second-order valence-electron chi connectivity index (χ2n) is 3.90. The molecule has 0 atom stereocenters. The number of alkyl halides is 3. The Morgan fingerprint density at radius 2 is 2.11 bits per heavy atom. The molecule has 2 nitrogen and oxygen atoms in total. The van der Waals surface area contributed by atoms with Crippen molar-refractivity contribution in [3.8, 4) is 0 Å². The molecule has 0 fully saturated rings. The van der Waals surface area contributed by atoms with Crippen LogP contribution in [0.4, 0.5) is 18.9 Å². The highest BCUT2D eigenvalue weighted by Crippen LogP contribution is 2.33. The second kappa shape index (κ2) is 5.38. The molecule has 0 saturated heterocycles. The lowest BCUT2D eigenvalue weighted by Crippen LogP contribution is -2.07. The van der Waals surface area contributed by atoms with Gasteiger partial charge in [-0.3, -0.25) is 0 Å². The van der Waals surface area contributed by atoms with Gasteiger partial charge in [-0.2, -0.15) is 13.2 Å². The van der Waals surface area contributed by atoms with Crippen molar-refractivity contribution in [1.82, 2.24) is 4.98 Å². The normalized spacial score (nSPS) is 11.6. The van der Waals surface area contributed by atoms with Crippen LogP contribution in [0, 0.1) is 6.92 Å². The maximum Gasteiger partial charge on any atom is 0.416 e. The van der Waals surface area contributed by atoms with E-state index in [0.29, 0.717) is 6.54 Å². The van der Waals surface area contributed by atoms with E-state index in [-0.39, 0.29) is 10.7 Å². The molecule has 0 aliphatic carbocycles. The van der Waals surface area contributed by atoms with Crippen molar-refractivity contribution in [3.05, 3.63) is 44.9 Å². The first-order valence-corrected chi connectivity index (χ1v) is 6.63. The summed E-state index contributed by atoms with van der Waals surface area (Å²) >= 11 is 7.36.